The number of methoxy groups -OCH3 is 1. The third-order valence-electron chi connectivity index (χ3n) is 6.14. The van der Waals surface area contributed by atoms with E-state index in [-0.39, 0.29) is 29.1 Å². The van der Waals surface area contributed by atoms with Gasteiger partial charge < -0.3 is 13.9 Å². The number of rotatable bonds is 8. The fourth-order valence-electron chi connectivity index (χ4n) is 4.01. The molecule has 1 atom stereocenters. The third kappa shape index (κ3) is 5.06. The summed E-state index contributed by atoms with van der Waals surface area (Å²) in [5, 5.41) is 17.9. The van der Waals surface area contributed by atoms with Crippen LogP contribution in [0.3, 0.4) is 0 Å². The van der Waals surface area contributed by atoms with E-state index < -0.39 is 10.5 Å². The van der Waals surface area contributed by atoms with E-state index in [9.17, 15) is 14.9 Å². The van der Waals surface area contributed by atoms with Gasteiger partial charge in [-0.15, -0.1) is 0 Å². The summed E-state index contributed by atoms with van der Waals surface area (Å²) < 4.78 is 18.2. The zero-order valence-corrected chi connectivity index (χ0v) is 22.0. The lowest BCUT2D eigenvalue weighted by Crippen LogP contribution is -2.20. The highest BCUT2D eigenvalue weighted by molar-refractivity contribution is 6.31. The number of fused-ring (bicyclic) bond motifs is 2. The zero-order valence-electron chi connectivity index (χ0n) is 21.3. The molecule has 5 aromatic rings. The lowest BCUT2D eigenvalue weighted by Gasteiger charge is -2.16. The summed E-state index contributed by atoms with van der Waals surface area (Å²) in [4.78, 5) is 29.5. The second-order valence-corrected chi connectivity index (χ2v) is 9.21. The molecule has 3 aromatic carbocycles. The van der Waals surface area contributed by atoms with Gasteiger partial charge in [-0.3, -0.25) is 14.9 Å². The van der Waals surface area contributed by atoms with Gasteiger partial charge in [-0.2, -0.15) is 9.78 Å². The molecule has 11 heteroatoms. The van der Waals surface area contributed by atoms with E-state index in [0.717, 1.165) is 10.1 Å². The van der Waals surface area contributed by atoms with Gasteiger partial charge >= 0.3 is 5.69 Å². The van der Waals surface area contributed by atoms with Crippen molar-refractivity contribution in [3.05, 3.63) is 91.7 Å². The van der Waals surface area contributed by atoms with Crippen molar-refractivity contribution in [2.45, 2.75) is 26.4 Å². The minimum absolute atomic E-state index is 0.0279. The van der Waals surface area contributed by atoms with Crippen molar-refractivity contribution in [2.24, 2.45) is 5.10 Å². The number of furan rings is 1. The number of benzene rings is 3. The Morgan fingerprint density at radius 2 is 2.00 bits per heavy atom. The molecule has 0 radical (unpaired) electrons. The molecule has 0 saturated carbocycles. The molecule has 0 saturated heterocycles. The summed E-state index contributed by atoms with van der Waals surface area (Å²) in [5.74, 6) is 0.651. The summed E-state index contributed by atoms with van der Waals surface area (Å²) in [6.45, 7) is 3.72. The molecule has 0 N–H and O–H groups in total. The van der Waals surface area contributed by atoms with Gasteiger partial charge in [0.05, 0.1) is 35.3 Å². The maximum atomic E-state index is 13.5. The van der Waals surface area contributed by atoms with Crippen LogP contribution in [0.4, 0.5) is 5.69 Å². The van der Waals surface area contributed by atoms with Gasteiger partial charge in [0.1, 0.15) is 5.58 Å². The predicted octanol–water partition coefficient (Wildman–Crippen LogP) is 6.44. The Balaban J connectivity index is 1.67. The minimum Gasteiger partial charge on any atom is -0.493 e. The molecule has 5 rings (SSSR count). The van der Waals surface area contributed by atoms with Crippen LogP contribution >= 0.6 is 11.6 Å². The maximum absolute atomic E-state index is 13.5. The third-order valence-corrected chi connectivity index (χ3v) is 6.38. The number of ether oxygens (including phenoxy) is 2. The second kappa shape index (κ2) is 10.6. The molecule has 2 aromatic heterocycles. The van der Waals surface area contributed by atoms with Gasteiger partial charge in [0.2, 0.25) is 11.6 Å². The SMILES string of the molecule is CC[C@H](C)Oc1c(OC)cc(C=Nn2c(-c3cc4cc(Cl)ccc4o3)nc3ccccc3c2=O)cc1[N+](=O)[O-]. The second-order valence-electron chi connectivity index (χ2n) is 8.77. The van der Waals surface area contributed by atoms with Crippen molar-refractivity contribution in [1.82, 2.24) is 9.66 Å². The van der Waals surface area contributed by atoms with E-state index in [1.54, 1.807) is 54.6 Å². The van der Waals surface area contributed by atoms with Crippen molar-refractivity contribution in [1.29, 1.82) is 0 Å². The van der Waals surface area contributed by atoms with Crippen LogP contribution in [-0.4, -0.2) is 34.0 Å². The lowest BCUT2D eigenvalue weighted by molar-refractivity contribution is -0.386. The van der Waals surface area contributed by atoms with Crippen molar-refractivity contribution < 1.29 is 18.8 Å². The Morgan fingerprint density at radius 1 is 1.21 bits per heavy atom. The van der Waals surface area contributed by atoms with Crippen molar-refractivity contribution >= 4 is 45.4 Å². The number of nitro benzene ring substituents is 1. The van der Waals surface area contributed by atoms with Gasteiger partial charge in [0, 0.05) is 22.0 Å². The summed E-state index contributed by atoms with van der Waals surface area (Å²) in [6, 6.07) is 16.6. The van der Waals surface area contributed by atoms with Crippen LogP contribution < -0.4 is 15.0 Å². The van der Waals surface area contributed by atoms with E-state index in [1.165, 1.54) is 19.4 Å². The summed E-state index contributed by atoms with van der Waals surface area (Å²) in [5.41, 5.74) is 0.617. The van der Waals surface area contributed by atoms with Crippen LogP contribution in [0.1, 0.15) is 25.8 Å². The van der Waals surface area contributed by atoms with E-state index in [0.29, 0.717) is 39.3 Å². The van der Waals surface area contributed by atoms with Crippen molar-refractivity contribution in [2.75, 3.05) is 7.11 Å². The molecule has 0 fully saturated rings. The number of aromatic nitrogens is 2. The average molecular weight is 547 g/mol. The predicted molar refractivity (Wildman–Crippen MR) is 149 cm³/mol. The first-order chi connectivity index (χ1) is 18.8. The highest BCUT2D eigenvalue weighted by atomic mass is 35.5. The van der Waals surface area contributed by atoms with E-state index in [1.807, 2.05) is 13.8 Å². The van der Waals surface area contributed by atoms with Crippen molar-refractivity contribution in [3.63, 3.8) is 0 Å². The highest BCUT2D eigenvalue weighted by Gasteiger charge is 2.24. The number of para-hydroxylation sites is 1. The lowest BCUT2D eigenvalue weighted by atomic mass is 10.1. The fourth-order valence-corrected chi connectivity index (χ4v) is 4.19. The van der Waals surface area contributed by atoms with Gasteiger partial charge in [-0.25, -0.2) is 4.98 Å². The highest BCUT2D eigenvalue weighted by Crippen LogP contribution is 2.39. The smallest absolute Gasteiger partial charge is 0.315 e. The Kier molecular flexibility index (Phi) is 7.03. The molecule has 0 aliphatic carbocycles. The van der Waals surface area contributed by atoms with Crippen LogP contribution in [-0.2, 0) is 0 Å². The van der Waals surface area contributed by atoms with Crippen molar-refractivity contribution in [3.8, 4) is 23.1 Å². The first kappa shape index (κ1) is 25.9. The van der Waals surface area contributed by atoms with E-state index in [4.69, 9.17) is 25.5 Å². The average Bonchev–Trinajstić information content (AvgIpc) is 3.35. The van der Waals surface area contributed by atoms with Crippen LogP contribution in [0.25, 0.3) is 33.5 Å². The summed E-state index contributed by atoms with van der Waals surface area (Å²) in [7, 11) is 1.40. The largest absolute Gasteiger partial charge is 0.493 e. The van der Waals surface area contributed by atoms with E-state index in [2.05, 4.69) is 10.1 Å². The van der Waals surface area contributed by atoms with Gasteiger partial charge in [-0.05, 0) is 55.8 Å². The first-order valence-electron chi connectivity index (χ1n) is 12.1. The number of nitro groups is 1. The van der Waals surface area contributed by atoms with Crippen LogP contribution in [0, 0.1) is 10.1 Å². The Labute approximate surface area is 227 Å². The molecular formula is C28H23ClN4O6. The molecule has 0 spiro atoms. The number of nitrogens with zero attached hydrogens (tertiary/aromatic N) is 4. The topological polar surface area (TPSA) is 122 Å². The zero-order chi connectivity index (χ0) is 27.7. The molecule has 0 aliphatic heterocycles. The van der Waals surface area contributed by atoms with E-state index >= 15 is 0 Å². The Hall–Kier alpha value is -4.70. The minimum atomic E-state index is -0.549. The number of hydrogen-bond donors (Lipinski definition) is 0. The normalized spacial score (nSPS) is 12.3. The molecular weight excluding hydrogens is 524 g/mol. The summed E-state index contributed by atoms with van der Waals surface area (Å²) >= 11 is 6.13. The van der Waals surface area contributed by atoms with Crippen LogP contribution in [0.5, 0.6) is 11.5 Å². The van der Waals surface area contributed by atoms with Gasteiger partial charge in [0.15, 0.2) is 11.5 Å². The molecule has 39 heavy (non-hydrogen) atoms. The first-order valence-corrected chi connectivity index (χ1v) is 12.5. The Morgan fingerprint density at radius 3 is 2.74 bits per heavy atom. The molecule has 0 unspecified atom stereocenters. The number of halogens is 1. The molecule has 198 valence electrons. The maximum Gasteiger partial charge on any atom is 0.315 e. The molecule has 2 heterocycles. The summed E-state index contributed by atoms with van der Waals surface area (Å²) in [6.07, 6.45) is 1.71. The van der Waals surface area contributed by atoms with Crippen LogP contribution in [0.2, 0.25) is 5.02 Å². The quantitative estimate of drug-likeness (QED) is 0.125. The molecule has 0 amide bonds. The number of hydrogen-bond acceptors (Lipinski definition) is 8. The monoisotopic (exact) mass is 546 g/mol. The fraction of sp³-hybridized carbons (Fsp3) is 0.179. The van der Waals surface area contributed by atoms with Crippen LogP contribution in [0.15, 0.2) is 75.0 Å². The standard InChI is InChI=1S/C28H23ClN4O6/c1-4-16(2)38-26-22(33(35)36)11-17(12-24(26)37-3)15-30-32-27(31-21-8-6-5-7-20(21)28(32)34)25-14-18-13-19(29)9-10-23(18)39-25/h5-16H,4H2,1-3H3/t16-/m0/s1. The van der Waals surface area contributed by atoms with Gasteiger partial charge in [-0.1, -0.05) is 30.7 Å². The van der Waals surface area contributed by atoms with Gasteiger partial charge in [0.25, 0.3) is 5.56 Å². The molecule has 0 bridgehead atoms. The Bertz CT molecular complexity index is 1810. The molecule has 0 aliphatic rings. The molecule has 10 nitrogen and oxygen atoms in total.